The lowest BCUT2D eigenvalue weighted by Gasteiger charge is -2.28. The van der Waals surface area contributed by atoms with E-state index in [-0.39, 0.29) is 0 Å². The smallest absolute Gasteiger partial charge is 0.0363 e. The van der Waals surface area contributed by atoms with Gasteiger partial charge in [0.1, 0.15) is 0 Å². The zero-order chi connectivity index (χ0) is 15.9. The molecule has 0 aromatic carbocycles. The maximum absolute atomic E-state index is 6.08. The molecule has 0 bridgehead atoms. The van der Waals surface area contributed by atoms with Gasteiger partial charge in [-0.3, -0.25) is 0 Å². The van der Waals surface area contributed by atoms with Crippen molar-refractivity contribution in [3.8, 4) is 0 Å². The third kappa shape index (κ3) is 3.90. The van der Waals surface area contributed by atoms with Crippen LogP contribution >= 0.6 is 11.6 Å². The summed E-state index contributed by atoms with van der Waals surface area (Å²) in [4.78, 5) is 0. The number of hydrogen-bond acceptors (Lipinski definition) is 0. The highest BCUT2D eigenvalue weighted by molar-refractivity contribution is 6.31. The molecule has 114 valence electrons. The first-order chi connectivity index (χ1) is 10.7. The Morgan fingerprint density at radius 3 is 2.45 bits per heavy atom. The van der Waals surface area contributed by atoms with Gasteiger partial charge in [0, 0.05) is 16.9 Å². The van der Waals surface area contributed by atoms with Gasteiger partial charge in [-0.1, -0.05) is 78.4 Å². The minimum Gasteiger partial charge on any atom is -0.0870 e. The fourth-order valence-electron chi connectivity index (χ4n) is 2.80. The number of halogens is 1. The van der Waals surface area contributed by atoms with Crippen molar-refractivity contribution in [2.75, 3.05) is 0 Å². The van der Waals surface area contributed by atoms with Gasteiger partial charge in [-0.25, -0.2) is 0 Å². The lowest BCUT2D eigenvalue weighted by Crippen LogP contribution is -2.17. The Balaban J connectivity index is 2.41. The van der Waals surface area contributed by atoms with E-state index in [2.05, 4.69) is 74.6 Å². The Hall–Kier alpha value is -1.79. The molecule has 0 nitrogen and oxygen atoms in total. The molecule has 0 fully saturated rings. The highest BCUT2D eigenvalue weighted by Gasteiger charge is 2.24. The maximum Gasteiger partial charge on any atom is 0.0363 e. The third-order valence-corrected chi connectivity index (χ3v) is 4.33. The van der Waals surface area contributed by atoms with Crippen LogP contribution in [0.15, 0.2) is 94.7 Å². The van der Waals surface area contributed by atoms with Crippen LogP contribution in [0.4, 0.5) is 0 Å². The molecule has 0 radical (unpaired) electrons. The van der Waals surface area contributed by atoms with Crippen LogP contribution in [0, 0.1) is 11.8 Å². The summed E-state index contributed by atoms with van der Waals surface area (Å²) in [6.45, 7) is 6.14. The SMILES string of the molecule is CC=C(Cl)C=C/C(C)=C(/C=C\C)C1=CC=C[C@@H]2C=CC=C[C@@H]12. The summed E-state index contributed by atoms with van der Waals surface area (Å²) in [5.74, 6) is 0.878. The van der Waals surface area contributed by atoms with Crippen molar-refractivity contribution >= 4 is 11.6 Å². The summed E-state index contributed by atoms with van der Waals surface area (Å²) in [6.07, 6.45) is 25.7. The average Bonchev–Trinajstić information content (AvgIpc) is 2.56. The molecular weight excluding hydrogens is 288 g/mol. The molecule has 0 amide bonds. The molecule has 0 N–H and O–H groups in total. The van der Waals surface area contributed by atoms with Crippen LogP contribution in [-0.4, -0.2) is 0 Å². The molecule has 2 aliphatic rings. The van der Waals surface area contributed by atoms with E-state index < -0.39 is 0 Å². The molecule has 0 saturated carbocycles. The number of hydrogen-bond donors (Lipinski definition) is 0. The summed E-state index contributed by atoms with van der Waals surface area (Å²) in [7, 11) is 0. The highest BCUT2D eigenvalue weighted by Crippen LogP contribution is 2.36. The second-order valence-electron chi connectivity index (χ2n) is 5.48. The van der Waals surface area contributed by atoms with E-state index in [1.165, 1.54) is 16.7 Å². The zero-order valence-electron chi connectivity index (χ0n) is 13.5. The molecule has 0 spiro atoms. The summed E-state index contributed by atoms with van der Waals surface area (Å²) < 4.78 is 0. The van der Waals surface area contributed by atoms with Crippen LogP contribution in [0.2, 0.25) is 0 Å². The minimum absolute atomic E-state index is 0.418. The molecule has 2 rings (SSSR count). The van der Waals surface area contributed by atoms with Gasteiger partial charge in [0.25, 0.3) is 0 Å². The van der Waals surface area contributed by atoms with Crippen LogP contribution in [0.25, 0.3) is 0 Å². The van der Waals surface area contributed by atoms with Gasteiger partial charge in [-0.05, 0) is 43.6 Å². The normalized spacial score (nSPS) is 25.6. The molecule has 22 heavy (non-hydrogen) atoms. The Morgan fingerprint density at radius 1 is 1.00 bits per heavy atom. The van der Waals surface area contributed by atoms with Gasteiger partial charge in [0.15, 0.2) is 0 Å². The van der Waals surface area contributed by atoms with Crippen molar-refractivity contribution in [3.05, 3.63) is 94.7 Å². The Morgan fingerprint density at radius 2 is 1.73 bits per heavy atom. The first-order valence-corrected chi connectivity index (χ1v) is 8.12. The van der Waals surface area contributed by atoms with Crippen LogP contribution in [0.3, 0.4) is 0 Å². The van der Waals surface area contributed by atoms with E-state index in [1.54, 1.807) is 0 Å². The largest absolute Gasteiger partial charge is 0.0870 e. The number of fused-ring (bicyclic) bond motifs is 1. The van der Waals surface area contributed by atoms with Gasteiger partial charge >= 0.3 is 0 Å². The molecule has 0 aromatic rings. The van der Waals surface area contributed by atoms with E-state index in [1.807, 2.05) is 19.1 Å². The fraction of sp³-hybridized carbons (Fsp3) is 0.238. The van der Waals surface area contributed by atoms with Crippen molar-refractivity contribution in [3.63, 3.8) is 0 Å². The van der Waals surface area contributed by atoms with Crippen LogP contribution in [0.5, 0.6) is 0 Å². The minimum atomic E-state index is 0.418. The fourth-order valence-corrected chi connectivity index (χ4v) is 2.86. The molecule has 1 heteroatoms. The van der Waals surface area contributed by atoms with Crippen LogP contribution in [-0.2, 0) is 0 Å². The molecule has 0 heterocycles. The molecule has 0 aromatic heterocycles. The highest BCUT2D eigenvalue weighted by atomic mass is 35.5. The molecule has 2 aliphatic carbocycles. The summed E-state index contributed by atoms with van der Waals surface area (Å²) >= 11 is 6.08. The van der Waals surface area contributed by atoms with E-state index in [0.717, 1.165) is 5.03 Å². The second kappa shape index (κ2) is 8.00. The predicted octanol–water partition coefficient (Wildman–Crippen LogP) is 6.43. The van der Waals surface area contributed by atoms with Gasteiger partial charge in [-0.15, -0.1) is 0 Å². The van der Waals surface area contributed by atoms with E-state index in [0.29, 0.717) is 11.8 Å². The second-order valence-corrected chi connectivity index (χ2v) is 5.92. The third-order valence-electron chi connectivity index (χ3n) is 3.98. The van der Waals surface area contributed by atoms with Gasteiger partial charge in [0.05, 0.1) is 0 Å². The van der Waals surface area contributed by atoms with E-state index in [4.69, 9.17) is 11.6 Å². The topological polar surface area (TPSA) is 0 Å². The molecule has 2 atom stereocenters. The quantitative estimate of drug-likeness (QED) is 0.525. The summed E-state index contributed by atoms with van der Waals surface area (Å²) in [5.41, 5.74) is 3.87. The average molecular weight is 311 g/mol. The number of allylic oxidation sites excluding steroid dienone is 16. The standard InChI is InChI=1S/C21H23Cl/c1-4-9-19(16(3)14-15-18(22)5-2)21-13-8-11-17-10-6-7-12-20(17)21/h4-15,17,20H,1-3H3/b9-4-,15-14?,18-5?,19-16-/t17-,20+/m0/s1. The van der Waals surface area contributed by atoms with E-state index >= 15 is 0 Å². The van der Waals surface area contributed by atoms with Crippen molar-refractivity contribution < 1.29 is 0 Å². The van der Waals surface area contributed by atoms with Gasteiger partial charge in [-0.2, -0.15) is 0 Å². The van der Waals surface area contributed by atoms with E-state index in [9.17, 15) is 0 Å². The molecular formula is C21H23Cl. The van der Waals surface area contributed by atoms with Crippen LogP contribution < -0.4 is 0 Å². The van der Waals surface area contributed by atoms with Crippen molar-refractivity contribution in [2.45, 2.75) is 20.8 Å². The summed E-state index contributed by atoms with van der Waals surface area (Å²) in [6, 6.07) is 0. The van der Waals surface area contributed by atoms with Crippen molar-refractivity contribution in [2.24, 2.45) is 11.8 Å². The van der Waals surface area contributed by atoms with Gasteiger partial charge < -0.3 is 0 Å². The number of rotatable bonds is 4. The lowest BCUT2D eigenvalue weighted by molar-refractivity contribution is 0.631. The Kier molecular flexibility index (Phi) is 6.03. The van der Waals surface area contributed by atoms with Gasteiger partial charge in [0.2, 0.25) is 0 Å². The zero-order valence-corrected chi connectivity index (χ0v) is 14.2. The van der Waals surface area contributed by atoms with Crippen molar-refractivity contribution in [1.29, 1.82) is 0 Å². The maximum atomic E-state index is 6.08. The molecule has 0 saturated heterocycles. The first kappa shape index (κ1) is 16.6. The molecule has 0 aliphatic heterocycles. The lowest BCUT2D eigenvalue weighted by atomic mass is 9.76. The van der Waals surface area contributed by atoms with Crippen molar-refractivity contribution in [1.82, 2.24) is 0 Å². The monoisotopic (exact) mass is 310 g/mol. The Labute approximate surface area is 139 Å². The Bertz CT molecular complexity index is 645. The summed E-state index contributed by atoms with van der Waals surface area (Å²) in [5, 5.41) is 0.759. The van der Waals surface area contributed by atoms with Crippen LogP contribution in [0.1, 0.15) is 20.8 Å². The molecule has 0 unspecified atom stereocenters. The first-order valence-electron chi connectivity index (χ1n) is 7.74. The predicted molar refractivity (Wildman–Crippen MR) is 98.7 cm³/mol.